The van der Waals surface area contributed by atoms with Gasteiger partial charge in [-0.2, -0.15) is 18.3 Å². The summed E-state index contributed by atoms with van der Waals surface area (Å²) in [5.41, 5.74) is 1.40. The predicted molar refractivity (Wildman–Crippen MR) is 98.3 cm³/mol. The zero-order valence-corrected chi connectivity index (χ0v) is 14.6. The average Bonchev–Trinajstić information content (AvgIpc) is 3.15. The van der Waals surface area contributed by atoms with Crippen LogP contribution in [0.25, 0.3) is 16.7 Å². The van der Waals surface area contributed by atoms with Crippen molar-refractivity contribution in [2.45, 2.75) is 6.18 Å². The molecule has 0 aliphatic heterocycles. The Hall–Kier alpha value is -3.95. The van der Waals surface area contributed by atoms with E-state index in [0.29, 0.717) is 11.8 Å². The van der Waals surface area contributed by atoms with Gasteiger partial charge in [0.15, 0.2) is 5.65 Å². The summed E-state index contributed by atoms with van der Waals surface area (Å²) < 4.78 is 40.8. The molecule has 0 spiro atoms. The van der Waals surface area contributed by atoms with Crippen LogP contribution in [0, 0.1) is 0 Å². The van der Waals surface area contributed by atoms with Crippen LogP contribution in [0.3, 0.4) is 0 Å². The van der Waals surface area contributed by atoms with Gasteiger partial charge in [-0.25, -0.2) is 14.3 Å². The highest BCUT2D eigenvalue weighted by Crippen LogP contribution is 2.29. The number of hydrogen-bond acceptors (Lipinski definition) is 4. The summed E-state index contributed by atoms with van der Waals surface area (Å²) in [6.45, 7) is 0. The van der Waals surface area contributed by atoms with Crippen molar-refractivity contribution in [2.75, 3.05) is 5.43 Å². The molecule has 146 valence electrons. The van der Waals surface area contributed by atoms with Crippen molar-refractivity contribution in [3.8, 4) is 5.69 Å². The molecule has 0 saturated heterocycles. The highest BCUT2D eigenvalue weighted by atomic mass is 19.4. The van der Waals surface area contributed by atoms with Crippen molar-refractivity contribution in [3.63, 3.8) is 0 Å². The molecular weight excluding hydrogens is 387 g/mol. The highest BCUT2D eigenvalue weighted by molar-refractivity contribution is 6.00. The number of hydrogen-bond donors (Lipinski definition) is 1. The Morgan fingerprint density at radius 2 is 1.79 bits per heavy atom. The molecule has 10 heteroatoms. The largest absolute Gasteiger partial charge is 0.416 e. The number of amides is 1. The second-order valence-electron chi connectivity index (χ2n) is 6.07. The average molecular weight is 399 g/mol. The maximum Gasteiger partial charge on any atom is 0.416 e. The smallest absolute Gasteiger partial charge is 0.267 e. The minimum Gasteiger partial charge on any atom is -0.267 e. The Morgan fingerprint density at radius 3 is 2.52 bits per heavy atom. The van der Waals surface area contributed by atoms with Crippen LogP contribution in [0.1, 0.15) is 15.9 Å². The molecule has 0 fully saturated rings. The van der Waals surface area contributed by atoms with Crippen LogP contribution < -0.4 is 11.0 Å². The van der Waals surface area contributed by atoms with E-state index >= 15 is 0 Å². The molecule has 2 heterocycles. The van der Waals surface area contributed by atoms with E-state index in [-0.39, 0.29) is 16.6 Å². The lowest BCUT2D eigenvalue weighted by molar-refractivity contribution is -0.137. The number of benzene rings is 2. The van der Waals surface area contributed by atoms with E-state index in [1.165, 1.54) is 16.9 Å². The Labute approximate surface area is 161 Å². The maximum absolute atomic E-state index is 12.8. The van der Waals surface area contributed by atoms with E-state index in [1.807, 2.05) is 6.07 Å². The van der Waals surface area contributed by atoms with Gasteiger partial charge in [-0.05, 0) is 30.3 Å². The molecule has 2 aromatic heterocycles. The summed E-state index contributed by atoms with van der Waals surface area (Å²) in [5.74, 6) is -0.880. The summed E-state index contributed by atoms with van der Waals surface area (Å²) >= 11 is 0. The molecule has 0 radical (unpaired) electrons. The molecule has 1 amide bonds. The van der Waals surface area contributed by atoms with Gasteiger partial charge < -0.3 is 0 Å². The Morgan fingerprint density at radius 1 is 1.03 bits per heavy atom. The van der Waals surface area contributed by atoms with Crippen LogP contribution >= 0.6 is 0 Å². The lowest BCUT2D eigenvalue weighted by Crippen LogP contribution is -2.33. The lowest BCUT2D eigenvalue weighted by atomic mass is 10.1. The number of alkyl halides is 3. The second-order valence-corrected chi connectivity index (χ2v) is 6.07. The van der Waals surface area contributed by atoms with Crippen LogP contribution in [0.5, 0.6) is 0 Å². The maximum atomic E-state index is 12.8. The number of para-hydroxylation sites is 1. The summed E-state index contributed by atoms with van der Waals surface area (Å²) in [5, 5.41) is 4.29. The molecule has 2 aromatic carbocycles. The van der Waals surface area contributed by atoms with E-state index in [1.54, 1.807) is 24.3 Å². The van der Waals surface area contributed by atoms with Crippen LogP contribution in [0.15, 0.2) is 71.9 Å². The lowest BCUT2D eigenvalue weighted by Gasteiger charge is -2.10. The van der Waals surface area contributed by atoms with Gasteiger partial charge in [-0.1, -0.05) is 24.3 Å². The van der Waals surface area contributed by atoms with E-state index < -0.39 is 23.2 Å². The first-order valence-electron chi connectivity index (χ1n) is 8.34. The van der Waals surface area contributed by atoms with Crippen molar-refractivity contribution in [2.24, 2.45) is 0 Å². The Balaban J connectivity index is 1.67. The monoisotopic (exact) mass is 399 g/mol. The van der Waals surface area contributed by atoms with Crippen molar-refractivity contribution in [1.29, 1.82) is 0 Å². The molecule has 29 heavy (non-hydrogen) atoms. The van der Waals surface area contributed by atoms with Gasteiger partial charge in [0, 0.05) is 5.56 Å². The zero-order valence-electron chi connectivity index (χ0n) is 14.6. The fourth-order valence-corrected chi connectivity index (χ4v) is 2.76. The van der Waals surface area contributed by atoms with E-state index in [0.717, 1.165) is 23.1 Å². The second kappa shape index (κ2) is 6.89. The van der Waals surface area contributed by atoms with Crippen LogP contribution in [-0.4, -0.2) is 25.3 Å². The molecule has 0 saturated carbocycles. The number of aromatic nitrogens is 4. The van der Waals surface area contributed by atoms with E-state index in [4.69, 9.17) is 0 Å². The van der Waals surface area contributed by atoms with E-state index in [9.17, 15) is 22.8 Å². The standard InChI is InChI=1S/C19H12F3N5O2/c20-19(21,22)13-6-4-5-12(9-13)17(28)25-26-11-23-16-15(18(26)29)10-24-27(16)14-7-2-1-3-8-14/h1-11H,(H,25,28). The summed E-state index contributed by atoms with van der Waals surface area (Å²) in [6, 6.07) is 12.9. The van der Waals surface area contributed by atoms with E-state index in [2.05, 4.69) is 15.5 Å². The first kappa shape index (κ1) is 18.4. The van der Waals surface area contributed by atoms with Crippen LogP contribution in [0.4, 0.5) is 13.2 Å². The van der Waals surface area contributed by atoms with Crippen LogP contribution in [0.2, 0.25) is 0 Å². The Bertz CT molecular complexity index is 1260. The van der Waals surface area contributed by atoms with Gasteiger partial charge in [0.1, 0.15) is 11.7 Å². The molecule has 4 aromatic rings. The molecule has 0 aliphatic rings. The molecule has 1 N–H and O–H groups in total. The van der Waals surface area contributed by atoms with Gasteiger partial charge >= 0.3 is 6.18 Å². The normalized spacial score (nSPS) is 11.6. The predicted octanol–water partition coefficient (Wildman–Crippen LogP) is 2.98. The topological polar surface area (TPSA) is 81.8 Å². The molecule has 4 rings (SSSR count). The third kappa shape index (κ3) is 3.47. The first-order valence-corrected chi connectivity index (χ1v) is 8.34. The summed E-state index contributed by atoms with van der Waals surface area (Å²) in [7, 11) is 0. The van der Waals surface area contributed by atoms with Crippen molar-refractivity contribution in [3.05, 3.63) is 88.6 Å². The molecular formula is C19H12F3N5O2. The third-order valence-electron chi connectivity index (χ3n) is 4.16. The highest BCUT2D eigenvalue weighted by Gasteiger charge is 2.31. The fraction of sp³-hybridized carbons (Fsp3) is 0.0526. The number of carbonyl (C=O) groups excluding carboxylic acids is 1. The number of nitrogens with one attached hydrogen (secondary N) is 1. The number of halogens is 3. The fourth-order valence-electron chi connectivity index (χ4n) is 2.76. The first-order chi connectivity index (χ1) is 13.8. The molecule has 0 unspecified atom stereocenters. The quantitative estimate of drug-likeness (QED) is 0.574. The van der Waals surface area contributed by atoms with Gasteiger partial charge in [0.25, 0.3) is 11.5 Å². The SMILES string of the molecule is O=C(Nn1cnc2c(cnn2-c2ccccc2)c1=O)c1cccc(C(F)(F)F)c1. The van der Waals surface area contributed by atoms with Crippen molar-refractivity contribution < 1.29 is 18.0 Å². The zero-order chi connectivity index (χ0) is 20.6. The number of rotatable bonds is 3. The summed E-state index contributed by atoms with van der Waals surface area (Å²) in [6.07, 6.45) is -2.19. The van der Waals surface area contributed by atoms with Crippen molar-refractivity contribution in [1.82, 2.24) is 19.4 Å². The minimum absolute atomic E-state index is 0.140. The van der Waals surface area contributed by atoms with Crippen molar-refractivity contribution >= 4 is 16.9 Å². The summed E-state index contributed by atoms with van der Waals surface area (Å²) in [4.78, 5) is 29.1. The minimum atomic E-state index is -4.58. The van der Waals surface area contributed by atoms with Crippen LogP contribution in [-0.2, 0) is 6.18 Å². The Kier molecular flexibility index (Phi) is 4.38. The molecule has 0 bridgehead atoms. The van der Waals surface area contributed by atoms with Gasteiger partial charge in [-0.3, -0.25) is 15.0 Å². The molecule has 0 aliphatic carbocycles. The third-order valence-corrected chi connectivity index (χ3v) is 4.16. The number of nitrogens with zero attached hydrogens (tertiary/aromatic N) is 4. The van der Waals surface area contributed by atoms with Gasteiger partial charge in [0.05, 0.1) is 17.4 Å². The van der Waals surface area contributed by atoms with Gasteiger partial charge in [0.2, 0.25) is 0 Å². The number of fused-ring (bicyclic) bond motifs is 1. The molecule has 7 nitrogen and oxygen atoms in total. The number of carbonyl (C=O) groups is 1. The van der Waals surface area contributed by atoms with Gasteiger partial charge in [-0.15, -0.1) is 0 Å². The molecule has 0 atom stereocenters.